The van der Waals surface area contributed by atoms with Crippen molar-refractivity contribution in [1.29, 1.82) is 0 Å². The SMILES string of the molecule is CC1Cc2[nH]c[n+](-c3cccs3)c2CN1C(=O)N(C)c1cccc(Cl)c1.CC1Cc2[nH]nc(-c3cscn3)c2CN1C(=O)Nc1ccc(F)c(Br)c1.CC1Cc2[nH]nc(-c3cscn3)c2CN1C(=O)Nc1ccc(F)c(Cl)c1.CC1Cc2[nH]nc(-c3cscn3)c2CN1C(=O)Nc1cccc(Br)c1.CC1Cc2[nH]nc(-c3cscn3)c2CN1C(=O)Nc1cccc(Br)c1F. The number of carbonyl (C=O) groups is 5. The maximum Gasteiger partial charge on any atom is 0.324 e. The first kappa shape index (κ1) is 90.9. The van der Waals surface area contributed by atoms with Crippen LogP contribution in [0.15, 0.2) is 184 Å². The zero-order valence-electron chi connectivity index (χ0n) is 69.5. The van der Waals surface area contributed by atoms with Crippen LogP contribution in [0.5, 0.6) is 0 Å². The number of carbonyl (C=O) groups excluding carboxylic acids is 5. The van der Waals surface area contributed by atoms with Crippen molar-refractivity contribution in [3.8, 4) is 50.6 Å². The highest BCUT2D eigenvalue weighted by Crippen LogP contribution is 2.38. The molecule has 0 aliphatic carbocycles. The lowest BCUT2D eigenvalue weighted by atomic mass is 9.99. The van der Waals surface area contributed by atoms with Gasteiger partial charge in [-0.15, -0.1) is 56.7 Å². The molecule has 10 amide bonds. The first-order valence-electron chi connectivity index (χ1n) is 40.4. The molecule has 5 aliphatic heterocycles. The van der Waals surface area contributed by atoms with Crippen molar-refractivity contribution >= 4 is 186 Å². The fourth-order valence-electron chi connectivity index (χ4n) is 15.6. The van der Waals surface area contributed by atoms with Crippen LogP contribution in [0.4, 0.5) is 65.6 Å². The predicted molar refractivity (Wildman–Crippen MR) is 508 cm³/mol. The van der Waals surface area contributed by atoms with Gasteiger partial charge < -0.3 is 45.8 Å². The average Bonchev–Trinajstić information content (AvgIpc) is 1.67. The molecule has 15 aromatic rings. The lowest BCUT2D eigenvalue weighted by Crippen LogP contribution is -2.51. The van der Waals surface area contributed by atoms with Gasteiger partial charge in [-0.25, -0.2) is 62.1 Å². The molecule has 5 atom stereocenters. The molecule has 9 N–H and O–H groups in total. The highest BCUT2D eigenvalue weighted by molar-refractivity contribution is 9.11. The Morgan fingerprint density at radius 1 is 0.465 bits per heavy atom. The summed E-state index contributed by atoms with van der Waals surface area (Å²) in [6.07, 6.45) is 5.55. The zero-order valence-corrected chi connectivity index (χ0v) is 79.9. The number of rotatable bonds is 10. The number of nitrogens with one attached hydrogen (secondary N) is 9. The fourth-order valence-corrected chi connectivity index (χ4v) is 20.0. The summed E-state index contributed by atoms with van der Waals surface area (Å²) in [4.78, 5) is 95.4. The van der Waals surface area contributed by atoms with Crippen molar-refractivity contribution in [2.24, 2.45) is 0 Å². The number of aromatic amines is 5. The van der Waals surface area contributed by atoms with Crippen LogP contribution in [-0.2, 0) is 64.8 Å². The summed E-state index contributed by atoms with van der Waals surface area (Å²) < 4.78 is 44.5. The van der Waals surface area contributed by atoms with Gasteiger partial charge in [-0.05, 0) is 169 Å². The monoisotopic (exact) mass is 2070 g/mol. The second-order valence-electron chi connectivity index (χ2n) is 30.9. The molecule has 0 radical (unpaired) electrons. The number of nitrogens with zero attached hydrogens (tertiary/aromatic N) is 15. The van der Waals surface area contributed by atoms with Crippen molar-refractivity contribution < 1.29 is 41.7 Å². The van der Waals surface area contributed by atoms with E-state index in [1.807, 2.05) is 120 Å². The number of hydrogen-bond donors (Lipinski definition) is 9. The third-order valence-corrected chi connectivity index (χ3v) is 27.9. The number of fused-ring (bicyclic) bond motifs is 5. The molecule has 664 valence electrons. The van der Waals surface area contributed by atoms with Crippen molar-refractivity contribution in [2.45, 2.75) is 130 Å². The summed E-state index contributed by atoms with van der Waals surface area (Å²) >= 11 is 29.3. The van der Waals surface area contributed by atoms with E-state index in [2.05, 4.69) is 158 Å². The number of aromatic nitrogens is 14. The molecule has 20 rings (SSSR count). The molecular weight excluding hydrogens is 1990 g/mol. The van der Waals surface area contributed by atoms with E-state index in [1.54, 1.807) is 78.2 Å². The number of H-pyrrole nitrogens is 5. The number of imidazole rings is 1. The fraction of sp³-hybridized carbons (Fsp3) is 0.241. The Bertz CT molecular complexity index is 6360. The molecule has 5 aliphatic rings. The largest absolute Gasteiger partial charge is 0.324 e. The normalized spacial score (nSPS) is 16.4. The second-order valence-corrected chi connectivity index (χ2v) is 38.2. The zero-order chi connectivity index (χ0) is 90.4. The van der Waals surface area contributed by atoms with Crippen LogP contribution in [0.2, 0.25) is 10.0 Å². The van der Waals surface area contributed by atoms with E-state index in [-0.39, 0.29) is 76.9 Å². The predicted octanol–water partition coefficient (Wildman–Crippen LogP) is 21.4. The van der Waals surface area contributed by atoms with E-state index < -0.39 is 11.6 Å². The van der Waals surface area contributed by atoms with Gasteiger partial charge in [0.15, 0.2) is 16.5 Å². The Morgan fingerprint density at radius 2 is 0.891 bits per heavy atom. The van der Waals surface area contributed by atoms with Gasteiger partial charge in [-0.1, -0.05) is 57.3 Å². The van der Waals surface area contributed by atoms with Crippen LogP contribution in [0.3, 0.4) is 0 Å². The molecule has 0 bridgehead atoms. The van der Waals surface area contributed by atoms with Gasteiger partial charge >= 0.3 is 30.2 Å². The second kappa shape index (κ2) is 40.3. The van der Waals surface area contributed by atoms with Gasteiger partial charge in [0, 0.05) is 168 Å². The maximum atomic E-state index is 14.2. The van der Waals surface area contributed by atoms with E-state index in [1.165, 1.54) is 87.4 Å². The molecule has 5 aromatic carbocycles. The molecule has 0 saturated carbocycles. The molecular formula is C87H81Br3Cl2F3N24O5S5+. The van der Waals surface area contributed by atoms with Crippen LogP contribution in [0.25, 0.3) is 50.6 Å². The number of halogens is 8. The van der Waals surface area contributed by atoms with E-state index >= 15 is 0 Å². The van der Waals surface area contributed by atoms with E-state index in [4.69, 9.17) is 23.2 Å². The van der Waals surface area contributed by atoms with Gasteiger partial charge in [-0.3, -0.25) is 25.3 Å². The highest BCUT2D eigenvalue weighted by Gasteiger charge is 2.39. The minimum atomic E-state index is -0.521. The van der Waals surface area contributed by atoms with Crippen molar-refractivity contribution in [3.63, 3.8) is 0 Å². The Kier molecular flexibility index (Phi) is 28.4. The molecule has 5 unspecified atom stereocenters. The molecule has 0 spiro atoms. The van der Waals surface area contributed by atoms with Gasteiger partial charge in [0.1, 0.15) is 62.9 Å². The van der Waals surface area contributed by atoms with Crippen LogP contribution < -0.4 is 30.7 Å². The molecule has 42 heteroatoms. The third-order valence-electron chi connectivity index (χ3n) is 22.4. The van der Waals surface area contributed by atoms with Gasteiger partial charge in [-0.2, -0.15) is 25.0 Å². The first-order chi connectivity index (χ1) is 62.2. The molecule has 29 nitrogen and oxygen atoms in total. The third kappa shape index (κ3) is 20.6. The van der Waals surface area contributed by atoms with Crippen molar-refractivity contribution in [3.05, 3.63) is 268 Å². The Hall–Kier alpha value is -11.5. The lowest BCUT2D eigenvalue weighted by Gasteiger charge is -2.34. The minimum Gasteiger partial charge on any atom is -0.317 e. The highest BCUT2D eigenvalue weighted by atomic mass is 79.9. The smallest absolute Gasteiger partial charge is 0.317 e. The Morgan fingerprint density at radius 3 is 1.32 bits per heavy atom. The summed E-state index contributed by atoms with van der Waals surface area (Å²) in [6.45, 7) is 12.4. The quantitative estimate of drug-likeness (QED) is 0.0576. The number of anilines is 5. The topological polar surface area (TPSA) is 339 Å². The summed E-state index contributed by atoms with van der Waals surface area (Å²) in [6, 6.07) is 31.6. The minimum absolute atomic E-state index is 0.00937. The number of benzene rings is 5. The lowest BCUT2D eigenvalue weighted by molar-refractivity contribution is -0.600. The molecule has 0 fully saturated rings. The Balaban J connectivity index is 0.000000118. The number of amides is 10. The van der Waals surface area contributed by atoms with E-state index in [9.17, 15) is 37.1 Å². The maximum absolute atomic E-state index is 14.2. The van der Waals surface area contributed by atoms with Gasteiger partial charge in [0.25, 0.3) is 0 Å². The van der Waals surface area contributed by atoms with Crippen LogP contribution in [0.1, 0.15) is 91.0 Å². The van der Waals surface area contributed by atoms with E-state index in [0.717, 1.165) is 130 Å². The molecule has 0 saturated heterocycles. The summed E-state index contributed by atoms with van der Waals surface area (Å²) in [5.74, 6) is -1.38. The van der Waals surface area contributed by atoms with Crippen molar-refractivity contribution in [2.75, 3.05) is 33.2 Å². The number of hydrogen-bond acceptors (Lipinski definition) is 18. The number of thiophene rings is 1. The average molecular weight is 2070 g/mol. The Labute approximate surface area is 792 Å². The number of thiazole rings is 4. The van der Waals surface area contributed by atoms with Gasteiger partial charge in [0.2, 0.25) is 6.33 Å². The van der Waals surface area contributed by atoms with Crippen LogP contribution in [0, 0.1) is 17.5 Å². The molecule has 10 aromatic heterocycles. The standard InChI is InChI=1S/C19H19ClN4OS.2C17H15BrFN5OS.C17H16BrN5OS.C17H15ClFN5OS/c1-13-9-16-17(24(12-21-16)18-7-4-8-26-18)11-23(13)19(25)22(2)15-6-3-5-14(20)10-15;1-9-4-14-11(16(23-22-14)15-7-26-8-20-15)6-24(9)17(25)21-10-2-3-13(19)12(18)5-10;1-9-5-13-10(16(23-22-13)14-7-26-8-20-14)6-24(9)17(25)21-12-4-2-3-11(18)15(12)19;1-10-5-14-13(16(22-21-14)15-8-25-9-19-15)7-23(10)17(24)20-12-4-2-3-11(18)6-12;1-9-4-14-11(16(23-22-14)15-7-26-8-20-15)6-24(9)17(25)21-10-2-3-13(19)12(18)5-10/h3-8,10,12-13H,9,11H2,1-2H3;2-3,5,7-9H,4,6H2,1H3,(H,21,25)(H,22,23);2-4,7-9H,5-6H2,1H3,(H,21,25)(H,22,23);2-4,6,8-10H,5,7H2,1H3,(H,20,24)(H,21,22);2-3,5,7-9H,4,6H2,1H3,(H,21,25)(H,22,23)/p+1. The van der Waals surface area contributed by atoms with E-state index in [0.29, 0.717) is 77.3 Å². The summed E-state index contributed by atoms with van der Waals surface area (Å²) in [5, 5.41) is 52.7. The first-order valence-corrected chi connectivity index (χ1v) is 48.2. The number of urea groups is 5. The molecule has 129 heavy (non-hydrogen) atoms. The molecule has 15 heterocycles. The van der Waals surface area contributed by atoms with Crippen LogP contribution in [-0.4, -0.2) is 158 Å². The summed E-state index contributed by atoms with van der Waals surface area (Å²) in [7, 11) is 1.79. The van der Waals surface area contributed by atoms with Crippen LogP contribution >= 0.6 is 128 Å². The van der Waals surface area contributed by atoms with Crippen molar-refractivity contribution in [1.82, 2.24) is 90.2 Å². The summed E-state index contributed by atoms with van der Waals surface area (Å²) in [5.41, 5.74) is 26.6. The van der Waals surface area contributed by atoms with Gasteiger partial charge in [0.05, 0.1) is 74.4 Å².